The van der Waals surface area contributed by atoms with E-state index in [9.17, 15) is 4.79 Å². The molecule has 0 spiro atoms. The summed E-state index contributed by atoms with van der Waals surface area (Å²) in [7, 11) is 0. The van der Waals surface area contributed by atoms with Gasteiger partial charge in [-0.1, -0.05) is 42.5 Å². The lowest BCUT2D eigenvalue weighted by atomic mass is 10.1. The number of hydrazine groups is 1. The molecule has 0 aliphatic rings. The van der Waals surface area contributed by atoms with Gasteiger partial charge in [-0.2, -0.15) is 0 Å². The molecular formula is C14H15N3O2S. The van der Waals surface area contributed by atoms with Crippen LogP contribution in [0.1, 0.15) is 5.56 Å². The van der Waals surface area contributed by atoms with E-state index in [0.29, 0.717) is 5.75 Å². The second-order valence-corrected chi connectivity index (χ2v) is 5.15. The maximum absolute atomic E-state index is 10.8. The normalized spacial score (nSPS) is 12.1. The minimum absolute atomic E-state index is 0.255. The molecule has 0 aliphatic carbocycles. The zero-order valence-electron chi connectivity index (χ0n) is 10.7. The maximum atomic E-state index is 10.8. The lowest BCUT2D eigenvalue weighted by Gasteiger charge is -2.09. The average molecular weight is 289 g/mol. The summed E-state index contributed by atoms with van der Waals surface area (Å²) >= 11 is 1.26. The van der Waals surface area contributed by atoms with Crippen molar-refractivity contribution in [2.24, 2.45) is 11.6 Å². The van der Waals surface area contributed by atoms with Gasteiger partial charge in [0.15, 0.2) is 0 Å². The molecule has 104 valence electrons. The summed E-state index contributed by atoms with van der Waals surface area (Å²) in [6.07, 6.45) is 0. The van der Waals surface area contributed by atoms with Gasteiger partial charge < -0.3 is 16.3 Å². The molecule has 0 heterocycles. The molecule has 20 heavy (non-hydrogen) atoms. The minimum Gasteiger partial charge on any atom is -0.477 e. The van der Waals surface area contributed by atoms with Crippen LogP contribution in [0.2, 0.25) is 0 Å². The Kier molecular flexibility index (Phi) is 4.49. The van der Waals surface area contributed by atoms with Crippen LogP contribution in [0.4, 0.5) is 0 Å². The largest absolute Gasteiger partial charge is 0.477 e. The number of thioether (sulfide) groups is 1. The number of benzene rings is 2. The fraction of sp³-hybridized carbons (Fsp3) is 0.0714. The summed E-state index contributed by atoms with van der Waals surface area (Å²) < 4.78 is 0. The molecule has 0 amide bonds. The van der Waals surface area contributed by atoms with Crippen molar-refractivity contribution in [2.75, 3.05) is 0 Å². The molecule has 0 aromatic heterocycles. The van der Waals surface area contributed by atoms with Crippen molar-refractivity contribution in [2.45, 2.75) is 5.75 Å². The minimum atomic E-state index is -1.19. The first-order valence-electron chi connectivity index (χ1n) is 5.92. The molecule has 0 fully saturated rings. The van der Waals surface area contributed by atoms with Crippen LogP contribution in [-0.2, 0) is 10.5 Å². The Morgan fingerprint density at radius 1 is 1.20 bits per heavy atom. The SMILES string of the molecule is NN/C(SCc1ccc2ccccc2c1)=C(\N)C(=O)O. The molecule has 0 saturated heterocycles. The second-order valence-electron chi connectivity index (χ2n) is 4.16. The summed E-state index contributed by atoms with van der Waals surface area (Å²) in [5.74, 6) is 4.69. The van der Waals surface area contributed by atoms with Gasteiger partial charge in [0.2, 0.25) is 0 Å². The highest BCUT2D eigenvalue weighted by Gasteiger charge is 2.10. The van der Waals surface area contributed by atoms with Gasteiger partial charge in [-0.15, -0.1) is 11.8 Å². The van der Waals surface area contributed by atoms with Crippen molar-refractivity contribution in [3.8, 4) is 0 Å². The standard InChI is InChI=1S/C14H15N3O2S/c15-12(14(18)19)13(17-16)20-8-9-5-6-10-3-1-2-4-11(10)7-9/h1-7,17H,8,15-16H2,(H,18,19)/b13-12+. The smallest absolute Gasteiger partial charge is 0.354 e. The number of carboxylic acids is 1. The lowest BCUT2D eigenvalue weighted by Crippen LogP contribution is -2.26. The van der Waals surface area contributed by atoms with Gasteiger partial charge in [-0.3, -0.25) is 0 Å². The summed E-state index contributed by atoms with van der Waals surface area (Å²) in [6.45, 7) is 0. The highest BCUT2D eigenvalue weighted by molar-refractivity contribution is 8.02. The predicted octanol–water partition coefficient (Wildman–Crippen LogP) is 1.75. The van der Waals surface area contributed by atoms with Gasteiger partial charge in [0.1, 0.15) is 10.7 Å². The summed E-state index contributed by atoms with van der Waals surface area (Å²) in [5, 5.41) is 11.4. The molecule has 0 unspecified atom stereocenters. The summed E-state index contributed by atoms with van der Waals surface area (Å²) in [4.78, 5) is 10.8. The molecule has 6 N–H and O–H groups in total. The van der Waals surface area contributed by atoms with Gasteiger partial charge in [0.05, 0.1) is 0 Å². The van der Waals surface area contributed by atoms with E-state index in [2.05, 4.69) is 11.5 Å². The van der Waals surface area contributed by atoms with Crippen LogP contribution in [0.5, 0.6) is 0 Å². The van der Waals surface area contributed by atoms with Crippen LogP contribution in [0.25, 0.3) is 10.8 Å². The highest BCUT2D eigenvalue weighted by Crippen LogP contribution is 2.23. The fourth-order valence-corrected chi connectivity index (χ4v) is 2.60. The summed E-state index contributed by atoms with van der Waals surface area (Å²) in [5.41, 5.74) is 8.56. The number of carbonyl (C=O) groups is 1. The van der Waals surface area contributed by atoms with E-state index in [1.54, 1.807) is 0 Å². The van der Waals surface area contributed by atoms with Crippen LogP contribution in [-0.4, -0.2) is 11.1 Å². The van der Waals surface area contributed by atoms with Crippen LogP contribution >= 0.6 is 11.8 Å². The first kappa shape index (κ1) is 14.2. The molecule has 0 atom stereocenters. The molecule has 2 aromatic rings. The van der Waals surface area contributed by atoms with Crippen molar-refractivity contribution in [1.82, 2.24) is 5.43 Å². The van der Waals surface area contributed by atoms with Gasteiger partial charge >= 0.3 is 5.97 Å². The van der Waals surface area contributed by atoms with Crippen molar-refractivity contribution in [1.29, 1.82) is 0 Å². The fourth-order valence-electron chi connectivity index (χ4n) is 1.78. The molecule has 2 aromatic carbocycles. The first-order chi connectivity index (χ1) is 9.61. The Bertz CT molecular complexity index is 670. The molecule has 0 aliphatic heterocycles. The summed E-state index contributed by atoms with van der Waals surface area (Å²) in [6, 6.07) is 14.1. The van der Waals surface area contributed by atoms with E-state index in [4.69, 9.17) is 16.7 Å². The Morgan fingerprint density at radius 3 is 2.55 bits per heavy atom. The number of aliphatic carboxylic acids is 1. The van der Waals surface area contributed by atoms with Crippen molar-refractivity contribution in [3.05, 3.63) is 58.8 Å². The van der Waals surface area contributed by atoms with E-state index in [0.717, 1.165) is 10.9 Å². The Hall–Kier alpha value is -2.18. The van der Waals surface area contributed by atoms with E-state index in [1.807, 2.05) is 36.4 Å². The zero-order valence-corrected chi connectivity index (χ0v) is 11.5. The first-order valence-corrected chi connectivity index (χ1v) is 6.90. The number of hydrogen-bond acceptors (Lipinski definition) is 5. The maximum Gasteiger partial charge on any atom is 0.354 e. The van der Waals surface area contributed by atoms with E-state index in [-0.39, 0.29) is 10.7 Å². The molecule has 0 saturated carbocycles. The molecule has 2 rings (SSSR count). The number of nitrogens with two attached hydrogens (primary N) is 2. The number of carboxylic acid groups (broad SMARTS) is 1. The molecule has 5 nitrogen and oxygen atoms in total. The van der Waals surface area contributed by atoms with Crippen LogP contribution in [0.3, 0.4) is 0 Å². The van der Waals surface area contributed by atoms with Crippen LogP contribution in [0.15, 0.2) is 53.2 Å². The lowest BCUT2D eigenvalue weighted by molar-refractivity contribution is -0.132. The number of rotatable bonds is 5. The van der Waals surface area contributed by atoms with E-state index >= 15 is 0 Å². The quantitative estimate of drug-likeness (QED) is 0.380. The Balaban J connectivity index is 2.16. The third kappa shape index (κ3) is 3.23. The van der Waals surface area contributed by atoms with Crippen LogP contribution < -0.4 is 17.0 Å². The zero-order chi connectivity index (χ0) is 14.5. The molecular weight excluding hydrogens is 274 g/mol. The molecule has 0 radical (unpaired) electrons. The highest BCUT2D eigenvalue weighted by atomic mass is 32.2. The van der Waals surface area contributed by atoms with E-state index in [1.165, 1.54) is 17.1 Å². The third-order valence-corrected chi connectivity index (χ3v) is 3.91. The predicted molar refractivity (Wildman–Crippen MR) is 81.4 cm³/mol. The van der Waals surface area contributed by atoms with E-state index < -0.39 is 5.97 Å². The molecule has 0 bridgehead atoms. The topological polar surface area (TPSA) is 101 Å². The third-order valence-electron chi connectivity index (χ3n) is 2.80. The Morgan fingerprint density at radius 2 is 1.90 bits per heavy atom. The average Bonchev–Trinajstić information content (AvgIpc) is 2.47. The monoisotopic (exact) mass is 289 g/mol. The van der Waals surface area contributed by atoms with Gasteiger partial charge in [0.25, 0.3) is 0 Å². The number of fused-ring (bicyclic) bond motifs is 1. The second kappa shape index (κ2) is 6.31. The number of hydrogen-bond donors (Lipinski definition) is 4. The number of nitrogens with one attached hydrogen (secondary N) is 1. The van der Waals surface area contributed by atoms with Gasteiger partial charge in [-0.05, 0) is 16.3 Å². The van der Waals surface area contributed by atoms with Gasteiger partial charge in [-0.25, -0.2) is 10.6 Å². The van der Waals surface area contributed by atoms with Gasteiger partial charge in [0, 0.05) is 5.75 Å². The van der Waals surface area contributed by atoms with Crippen molar-refractivity contribution in [3.63, 3.8) is 0 Å². The molecule has 6 heteroatoms. The van der Waals surface area contributed by atoms with Crippen molar-refractivity contribution >= 4 is 28.5 Å². The Labute approximate surface area is 120 Å². The van der Waals surface area contributed by atoms with Crippen molar-refractivity contribution < 1.29 is 9.90 Å². The van der Waals surface area contributed by atoms with Crippen LogP contribution in [0, 0.1) is 0 Å².